The Morgan fingerprint density at radius 3 is 1.62 bits per heavy atom. The third-order valence-electron chi connectivity index (χ3n) is 9.77. The van der Waals surface area contributed by atoms with Crippen molar-refractivity contribution in [3.63, 3.8) is 0 Å². The van der Waals surface area contributed by atoms with E-state index in [4.69, 9.17) is 33.2 Å². The first kappa shape index (κ1) is 42.0. The molecule has 2 fully saturated rings. The van der Waals surface area contributed by atoms with Crippen LogP contribution in [0.4, 0.5) is 0 Å². The van der Waals surface area contributed by atoms with Gasteiger partial charge in [-0.3, -0.25) is 4.90 Å². The van der Waals surface area contributed by atoms with Crippen molar-refractivity contribution in [1.82, 2.24) is 9.62 Å². The minimum atomic E-state index is -3.66. The molecule has 13 heteroatoms. The van der Waals surface area contributed by atoms with Gasteiger partial charge in [-0.25, -0.2) is 13.1 Å². The van der Waals surface area contributed by atoms with Crippen molar-refractivity contribution in [2.45, 2.75) is 42.5 Å². The molecule has 302 valence electrons. The first-order valence-electron chi connectivity index (χ1n) is 19.3. The predicted octanol–water partition coefficient (Wildman–Crippen LogP) is 5.00. The minimum absolute atomic E-state index is 0.0537. The highest BCUT2D eigenvalue weighted by Crippen LogP contribution is 2.47. The molecule has 1 unspecified atom stereocenters. The van der Waals surface area contributed by atoms with Crippen LogP contribution in [0.15, 0.2) is 114 Å². The molecule has 12 nitrogen and oxygen atoms in total. The van der Waals surface area contributed by atoms with Gasteiger partial charge in [-0.2, -0.15) is 0 Å². The van der Waals surface area contributed by atoms with Crippen molar-refractivity contribution in [2.24, 2.45) is 0 Å². The lowest BCUT2D eigenvalue weighted by molar-refractivity contribution is -0.263. The van der Waals surface area contributed by atoms with E-state index < -0.39 is 22.4 Å². The van der Waals surface area contributed by atoms with Crippen LogP contribution in [-0.2, 0) is 56.3 Å². The molecule has 0 amide bonds. The van der Waals surface area contributed by atoms with E-state index in [1.807, 2.05) is 66.7 Å². The van der Waals surface area contributed by atoms with Gasteiger partial charge in [0.15, 0.2) is 6.29 Å². The van der Waals surface area contributed by atoms with E-state index >= 15 is 0 Å². The fourth-order valence-corrected chi connectivity index (χ4v) is 7.78. The van der Waals surface area contributed by atoms with E-state index in [1.54, 1.807) is 30.3 Å². The molecule has 2 saturated heterocycles. The van der Waals surface area contributed by atoms with E-state index in [-0.39, 0.29) is 30.1 Å². The quantitative estimate of drug-likeness (QED) is 0.225. The smallest absolute Gasteiger partial charge is 0.240 e. The first-order valence-corrected chi connectivity index (χ1v) is 20.8. The molecule has 4 atom stereocenters. The third kappa shape index (κ3) is 12.7. The number of rotatable bonds is 10. The fraction of sp³-hybridized carbons (Fsp3) is 0.442. The summed E-state index contributed by atoms with van der Waals surface area (Å²) < 4.78 is 71.2. The molecule has 0 aromatic heterocycles. The van der Waals surface area contributed by atoms with Crippen molar-refractivity contribution in [3.05, 3.63) is 137 Å². The van der Waals surface area contributed by atoms with Crippen LogP contribution in [0.2, 0.25) is 0 Å². The van der Waals surface area contributed by atoms with E-state index in [0.29, 0.717) is 85.7 Å². The second-order valence-electron chi connectivity index (χ2n) is 13.6. The lowest BCUT2D eigenvalue weighted by atomic mass is 9.83. The van der Waals surface area contributed by atoms with Crippen molar-refractivity contribution >= 4 is 10.0 Å². The van der Waals surface area contributed by atoms with Crippen molar-refractivity contribution < 1.29 is 46.7 Å². The number of aliphatic hydroxyl groups is 1. The van der Waals surface area contributed by atoms with Crippen molar-refractivity contribution in [2.75, 3.05) is 85.7 Å². The Morgan fingerprint density at radius 2 is 1.07 bits per heavy atom. The SMILES string of the molecule is O=S(=O)(NCc1ccc(C2O[C@H](CN3CCOCCOCCOCCOCCOCC3)[C@@H](c3ccccc3)[C@H](c3ccc(CO)cc3)O2)cc1)c1ccccc1. The molecule has 2 aliphatic rings. The summed E-state index contributed by atoms with van der Waals surface area (Å²) in [6.45, 7) is 6.91. The fourth-order valence-electron chi connectivity index (χ4n) is 6.74. The minimum Gasteiger partial charge on any atom is -0.392 e. The predicted molar refractivity (Wildman–Crippen MR) is 210 cm³/mol. The monoisotopic (exact) mass is 790 g/mol. The van der Waals surface area contributed by atoms with Crippen molar-refractivity contribution in [1.29, 1.82) is 0 Å². The average molecular weight is 791 g/mol. The Morgan fingerprint density at radius 1 is 0.571 bits per heavy atom. The normalized spacial score (nSPS) is 23.2. The number of nitrogens with zero attached hydrogens (tertiary/aromatic N) is 1. The number of sulfonamides is 1. The molecule has 0 radical (unpaired) electrons. The second-order valence-corrected chi connectivity index (χ2v) is 15.4. The van der Waals surface area contributed by atoms with Crippen LogP contribution in [0.3, 0.4) is 0 Å². The Balaban J connectivity index is 1.23. The van der Waals surface area contributed by atoms with Gasteiger partial charge in [0.25, 0.3) is 0 Å². The standard InChI is InChI=1S/C43H54N2O10S/c46-33-35-13-15-37(16-14-35)42-41(36-7-3-1-4-8-36)40(32-45-19-21-49-23-25-51-27-29-53-30-28-52-26-24-50-22-20-45)54-43(55-42)38-17-11-34(12-18-38)31-44-56(47,48)39-9-5-2-6-10-39/h1-18,40-44,46H,19-33H2/t40-,41-,42+,43?/m1/s1. The largest absolute Gasteiger partial charge is 0.392 e. The molecule has 4 aromatic rings. The Hall–Kier alpha value is -3.57. The number of hydrogen-bond donors (Lipinski definition) is 2. The highest BCUT2D eigenvalue weighted by atomic mass is 32.2. The average Bonchev–Trinajstić information content (AvgIpc) is 3.24. The number of benzene rings is 4. The maximum atomic E-state index is 12.9. The summed E-state index contributed by atoms with van der Waals surface area (Å²) in [6, 6.07) is 34.1. The summed E-state index contributed by atoms with van der Waals surface area (Å²) in [5.41, 5.74) is 4.48. The zero-order chi connectivity index (χ0) is 38.8. The Labute approximate surface area is 330 Å². The summed E-state index contributed by atoms with van der Waals surface area (Å²) >= 11 is 0. The van der Waals surface area contributed by atoms with Gasteiger partial charge in [0.2, 0.25) is 10.0 Å². The van der Waals surface area contributed by atoms with Gasteiger partial charge < -0.3 is 38.3 Å². The zero-order valence-electron chi connectivity index (χ0n) is 31.8. The van der Waals surface area contributed by atoms with Gasteiger partial charge in [0, 0.05) is 37.7 Å². The van der Waals surface area contributed by atoms with Gasteiger partial charge in [0.1, 0.15) is 0 Å². The molecule has 0 bridgehead atoms. The topological polar surface area (TPSA) is 134 Å². The molecular weight excluding hydrogens is 737 g/mol. The van der Waals surface area contributed by atoms with Crippen LogP contribution < -0.4 is 4.72 Å². The molecule has 2 heterocycles. The van der Waals surface area contributed by atoms with E-state index in [9.17, 15) is 13.5 Å². The third-order valence-corrected chi connectivity index (χ3v) is 11.2. The molecule has 2 aliphatic heterocycles. The molecular formula is C43H54N2O10S. The van der Waals surface area contributed by atoms with Gasteiger partial charge in [-0.15, -0.1) is 0 Å². The number of nitrogens with one attached hydrogen (secondary N) is 1. The molecule has 2 N–H and O–H groups in total. The maximum Gasteiger partial charge on any atom is 0.240 e. The van der Waals surface area contributed by atoms with Crippen LogP contribution in [0.1, 0.15) is 46.1 Å². The van der Waals surface area contributed by atoms with Crippen LogP contribution in [0, 0.1) is 0 Å². The van der Waals surface area contributed by atoms with Crippen LogP contribution in [-0.4, -0.2) is 110 Å². The van der Waals surface area contributed by atoms with E-state index in [1.165, 1.54) is 0 Å². The van der Waals surface area contributed by atoms with Crippen molar-refractivity contribution in [3.8, 4) is 0 Å². The number of hydrogen-bond acceptors (Lipinski definition) is 11. The highest BCUT2D eigenvalue weighted by molar-refractivity contribution is 7.89. The number of aliphatic hydroxyl groups excluding tert-OH is 1. The molecule has 6 rings (SSSR count). The van der Waals surface area contributed by atoms with Crippen LogP contribution in [0.5, 0.6) is 0 Å². The van der Waals surface area contributed by atoms with Crippen LogP contribution in [0.25, 0.3) is 0 Å². The summed E-state index contributed by atoms with van der Waals surface area (Å²) in [4.78, 5) is 2.53. The Bertz CT molecular complexity index is 1780. The van der Waals surface area contributed by atoms with Gasteiger partial charge in [0.05, 0.1) is 89.8 Å². The lowest BCUT2D eigenvalue weighted by Gasteiger charge is -2.44. The van der Waals surface area contributed by atoms with Gasteiger partial charge in [-0.1, -0.05) is 97.1 Å². The zero-order valence-corrected chi connectivity index (χ0v) is 32.6. The molecule has 0 spiro atoms. The highest BCUT2D eigenvalue weighted by Gasteiger charge is 2.42. The van der Waals surface area contributed by atoms with Gasteiger partial charge >= 0.3 is 0 Å². The lowest BCUT2D eigenvalue weighted by Crippen LogP contribution is -2.46. The summed E-state index contributed by atoms with van der Waals surface area (Å²) in [5.74, 6) is -0.182. The van der Waals surface area contributed by atoms with E-state index in [0.717, 1.165) is 27.8 Å². The maximum absolute atomic E-state index is 12.9. The summed E-state index contributed by atoms with van der Waals surface area (Å²) in [5, 5.41) is 9.81. The Kier molecular flexibility index (Phi) is 16.8. The molecule has 4 aromatic carbocycles. The van der Waals surface area contributed by atoms with E-state index in [2.05, 4.69) is 21.8 Å². The first-order chi connectivity index (χ1) is 27.5. The molecule has 0 aliphatic carbocycles. The molecule has 56 heavy (non-hydrogen) atoms. The second kappa shape index (κ2) is 22.4. The van der Waals surface area contributed by atoms with Gasteiger partial charge in [-0.05, 0) is 34.4 Å². The van der Waals surface area contributed by atoms with Crippen LogP contribution >= 0.6 is 0 Å². The summed E-state index contributed by atoms with van der Waals surface area (Å²) in [7, 11) is -3.66. The molecule has 0 saturated carbocycles. The number of ether oxygens (including phenoxy) is 7. The summed E-state index contributed by atoms with van der Waals surface area (Å²) in [6.07, 6.45) is -1.43.